The van der Waals surface area contributed by atoms with Gasteiger partial charge in [0.2, 0.25) is 10.0 Å². The second kappa shape index (κ2) is 7.38. The van der Waals surface area contributed by atoms with Crippen LogP contribution in [0.1, 0.15) is 10.4 Å². The summed E-state index contributed by atoms with van der Waals surface area (Å²) >= 11 is 3.14. The maximum Gasteiger partial charge on any atom is 0.337 e. The van der Waals surface area contributed by atoms with Gasteiger partial charge in [-0.05, 0) is 35.1 Å². The third-order valence-corrected chi connectivity index (χ3v) is 4.47. The summed E-state index contributed by atoms with van der Waals surface area (Å²) in [6.45, 7) is -0.109. The van der Waals surface area contributed by atoms with Crippen LogP contribution in [0.5, 0.6) is 0 Å². The van der Waals surface area contributed by atoms with Crippen molar-refractivity contribution in [1.29, 1.82) is 0 Å². The molecule has 4 N–H and O–H groups in total. The number of carbonyl (C=O) groups is 2. The van der Waals surface area contributed by atoms with Gasteiger partial charge in [0.15, 0.2) is 0 Å². The van der Waals surface area contributed by atoms with Gasteiger partial charge in [-0.3, -0.25) is 0 Å². The molecule has 0 spiro atoms. The van der Waals surface area contributed by atoms with Gasteiger partial charge in [-0.25, -0.2) is 22.7 Å². The quantitative estimate of drug-likeness (QED) is 0.582. The molecule has 0 saturated carbocycles. The zero-order valence-corrected chi connectivity index (χ0v) is 13.4. The van der Waals surface area contributed by atoms with Crippen LogP contribution in [0.25, 0.3) is 0 Å². The van der Waals surface area contributed by atoms with Gasteiger partial charge in [0.05, 0.1) is 17.0 Å². The zero-order valence-electron chi connectivity index (χ0n) is 11.0. The second-order valence-electron chi connectivity index (χ2n) is 3.87. The normalized spacial score (nSPS) is 11.0. The number of amides is 2. The predicted octanol–water partition coefficient (Wildman–Crippen LogP) is 0.818. The molecule has 2 amide bonds. The van der Waals surface area contributed by atoms with Gasteiger partial charge in [0, 0.05) is 11.0 Å². The number of hydrogen-bond donors (Lipinski definition) is 4. The van der Waals surface area contributed by atoms with Crippen molar-refractivity contribution in [2.24, 2.45) is 0 Å². The van der Waals surface area contributed by atoms with E-state index in [1.807, 2.05) is 0 Å². The van der Waals surface area contributed by atoms with Crippen molar-refractivity contribution in [1.82, 2.24) is 10.0 Å². The Morgan fingerprint density at radius 1 is 1.33 bits per heavy atom. The lowest BCUT2D eigenvalue weighted by molar-refractivity contribution is 0.0698. The van der Waals surface area contributed by atoms with E-state index in [4.69, 9.17) is 5.11 Å². The number of para-hydroxylation sites is 1. The Labute approximate surface area is 130 Å². The van der Waals surface area contributed by atoms with Crippen molar-refractivity contribution >= 4 is 43.6 Å². The summed E-state index contributed by atoms with van der Waals surface area (Å²) in [5.41, 5.74) is 0.0151. The molecule has 8 nitrogen and oxygen atoms in total. The van der Waals surface area contributed by atoms with E-state index >= 15 is 0 Å². The molecule has 0 bridgehead atoms. The number of rotatable bonds is 6. The van der Waals surface area contributed by atoms with E-state index in [9.17, 15) is 18.0 Å². The topological polar surface area (TPSA) is 125 Å². The minimum absolute atomic E-state index is 0.0811. The van der Waals surface area contributed by atoms with Crippen molar-refractivity contribution in [3.8, 4) is 0 Å². The smallest absolute Gasteiger partial charge is 0.337 e. The van der Waals surface area contributed by atoms with Crippen LogP contribution in [0.4, 0.5) is 10.5 Å². The van der Waals surface area contributed by atoms with Crippen molar-refractivity contribution in [2.75, 3.05) is 24.7 Å². The molecule has 0 radical (unpaired) electrons. The van der Waals surface area contributed by atoms with Gasteiger partial charge in [-0.2, -0.15) is 0 Å². The Balaban J connectivity index is 2.70. The number of benzene rings is 1. The summed E-state index contributed by atoms with van der Waals surface area (Å²) in [7, 11) is -2.14. The highest BCUT2D eigenvalue weighted by Gasteiger charge is 2.15. The number of carboxylic acids is 1. The standard InChI is InChI=1S/C11H14BrN3O5S/c1-13-21(19,20)6-5-14-11(18)15-9-7(10(16)17)3-2-4-8(9)12/h2-4,13H,5-6H2,1H3,(H,16,17)(H2,14,15,18). The Kier molecular flexibility index (Phi) is 6.12. The summed E-state index contributed by atoms with van der Waals surface area (Å²) in [5.74, 6) is -1.47. The van der Waals surface area contributed by atoms with E-state index in [0.717, 1.165) is 0 Å². The minimum Gasteiger partial charge on any atom is -0.478 e. The number of carbonyl (C=O) groups excluding carboxylic acids is 1. The highest BCUT2D eigenvalue weighted by Crippen LogP contribution is 2.26. The molecule has 0 atom stereocenters. The fourth-order valence-corrected chi connectivity index (χ4v) is 2.43. The third-order valence-electron chi connectivity index (χ3n) is 2.45. The van der Waals surface area contributed by atoms with Crippen molar-refractivity contribution in [3.05, 3.63) is 28.2 Å². The van der Waals surface area contributed by atoms with Crippen LogP contribution in [-0.4, -0.2) is 44.9 Å². The molecule has 0 aliphatic heterocycles. The van der Waals surface area contributed by atoms with Crippen molar-refractivity contribution in [3.63, 3.8) is 0 Å². The Hall–Kier alpha value is -1.65. The van der Waals surface area contributed by atoms with Crippen LogP contribution >= 0.6 is 15.9 Å². The molecule has 1 aromatic carbocycles. The maximum atomic E-state index is 11.7. The van der Waals surface area contributed by atoms with E-state index < -0.39 is 22.0 Å². The Bertz CT molecular complexity index is 647. The van der Waals surface area contributed by atoms with Crippen LogP contribution in [-0.2, 0) is 10.0 Å². The zero-order chi connectivity index (χ0) is 16.0. The number of sulfonamides is 1. The number of carboxylic acid groups (broad SMARTS) is 1. The highest BCUT2D eigenvalue weighted by atomic mass is 79.9. The summed E-state index contributed by atoms with van der Waals surface area (Å²) in [5, 5.41) is 13.7. The number of urea groups is 1. The van der Waals surface area contributed by atoms with Gasteiger partial charge in [0.25, 0.3) is 0 Å². The van der Waals surface area contributed by atoms with E-state index in [1.54, 1.807) is 6.07 Å². The summed E-state index contributed by atoms with van der Waals surface area (Å²) in [6.07, 6.45) is 0. The van der Waals surface area contributed by atoms with E-state index in [0.29, 0.717) is 4.47 Å². The molecule has 0 aliphatic rings. The summed E-state index contributed by atoms with van der Waals surface area (Å²) in [6, 6.07) is 3.74. The first-order valence-corrected chi connectivity index (χ1v) is 8.19. The molecular weight excluding hydrogens is 366 g/mol. The van der Waals surface area contributed by atoms with Crippen LogP contribution in [0.2, 0.25) is 0 Å². The Morgan fingerprint density at radius 2 is 2.00 bits per heavy atom. The highest BCUT2D eigenvalue weighted by molar-refractivity contribution is 9.10. The summed E-state index contributed by atoms with van der Waals surface area (Å²) < 4.78 is 24.9. The third kappa shape index (κ3) is 5.33. The summed E-state index contributed by atoms with van der Waals surface area (Å²) in [4.78, 5) is 22.7. The van der Waals surface area contributed by atoms with E-state index in [2.05, 4.69) is 31.3 Å². The fraction of sp³-hybridized carbons (Fsp3) is 0.273. The first-order valence-electron chi connectivity index (χ1n) is 5.74. The van der Waals surface area contributed by atoms with E-state index in [-0.39, 0.29) is 23.5 Å². The minimum atomic E-state index is -3.41. The SMILES string of the molecule is CNS(=O)(=O)CCNC(=O)Nc1c(Br)cccc1C(=O)O. The maximum absolute atomic E-state index is 11.7. The number of hydrogen-bond acceptors (Lipinski definition) is 4. The van der Waals surface area contributed by atoms with E-state index in [1.165, 1.54) is 19.2 Å². The lowest BCUT2D eigenvalue weighted by atomic mass is 10.2. The lowest BCUT2D eigenvalue weighted by Gasteiger charge is -2.11. The monoisotopic (exact) mass is 379 g/mol. The largest absolute Gasteiger partial charge is 0.478 e. The second-order valence-corrected chi connectivity index (χ2v) is 6.77. The first-order chi connectivity index (χ1) is 9.76. The van der Waals surface area contributed by atoms with Crippen molar-refractivity contribution < 1.29 is 23.1 Å². The van der Waals surface area contributed by atoms with Crippen LogP contribution in [0.3, 0.4) is 0 Å². The molecule has 0 heterocycles. The van der Waals surface area contributed by atoms with Gasteiger partial charge >= 0.3 is 12.0 Å². The molecule has 10 heteroatoms. The number of aromatic carboxylic acids is 1. The molecule has 0 aromatic heterocycles. The lowest BCUT2D eigenvalue weighted by Crippen LogP contribution is -2.35. The first kappa shape index (κ1) is 17.4. The molecule has 1 rings (SSSR count). The number of nitrogens with one attached hydrogen (secondary N) is 3. The van der Waals surface area contributed by atoms with Crippen LogP contribution in [0.15, 0.2) is 22.7 Å². The van der Waals surface area contributed by atoms with Gasteiger partial charge < -0.3 is 15.7 Å². The van der Waals surface area contributed by atoms with Gasteiger partial charge in [0.1, 0.15) is 0 Å². The molecule has 0 saturated heterocycles. The molecule has 0 aliphatic carbocycles. The number of anilines is 1. The number of halogens is 1. The average molecular weight is 380 g/mol. The Morgan fingerprint density at radius 3 is 2.57 bits per heavy atom. The average Bonchev–Trinajstić information content (AvgIpc) is 2.40. The predicted molar refractivity (Wildman–Crippen MR) is 81.0 cm³/mol. The molecular formula is C11H14BrN3O5S. The molecule has 0 fully saturated rings. The fourth-order valence-electron chi connectivity index (χ4n) is 1.39. The van der Waals surface area contributed by atoms with Crippen LogP contribution in [0, 0.1) is 0 Å². The van der Waals surface area contributed by atoms with Crippen LogP contribution < -0.4 is 15.4 Å². The molecule has 1 aromatic rings. The molecule has 21 heavy (non-hydrogen) atoms. The van der Waals surface area contributed by atoms with Gasteiger partial charge in [-0.15, -0.1) is 0 Å². The van der Waals surface area contributed by atoms with Crippen molar-refractivity contribution in [2.45, 2.75) is 0 Å². The molecule has 116 valence electrons. The van der Waals surface area contributed by atoms with Gasteiger partial charge in [-0.1, -0.05) is 6.07 Å². The molecule has 0 unspecified atom stereocenters.